The molecule has 142 heavy (non-hydrogen) atoms. The monoisotopic (exact) mass is 2200 g/mol. The molecule has 0 spiro atoms. The van der Waals surface area contributed by atoms with Crippen LogP contribution in [0.4, 0.5) is 0 Å². The van der Waals surface area contributed by atoms with Gasteiger partial charge < -0.3 is 96.6 Å². The maximum atomic E-state index is 12.8. The summed E-state index contributed by atoms with van der Waals surface area (Å²) in [6.45, 7) is 61.6. The molecule has 836 valence electrons. The summed E-state index contributed by atoms with van der Waals surface area (Å²) in [5, 5.41) is 8.77. The molecule has 0 aromatic heterocycles. The summed E-state index contributed by atoms with van der Waals surface area (Å²) in [5.41, 5.74) is -2.89. The number of hydrogen-bond acceptors (Lipinski definition) is 41. The average molecular weight is 2200 g/mol. The lowest BCUT2D eigenvalue weighted by Gasteiger charge is -2.31. The Balaban J connectivity index is -0.000000456. The molecule has 0 aliphatic rings. The van der Waals surface area contributed by atoms with Crippen molar-refractivity contribution in [3.8, 4) is 0 Å². The van der Waals surface area contributed by atoms with Crippen LogP contribution in [-0.2, 0) is 120 Å². The minimum absolute atomic E-state index is 0. The van der Waals surface area contributed by atoms with Crippen LogP contribution in [0, 0.1) is 10.8 Å². The standard InChI is InChI=1S/C34H63N3O12S3.C28H48N2O8S2.C20H40N2O4S2.C14H30N2O2S2.2CH4/c1-8-30(38)46-26-34(27-47-31(39)14-20-50-21-17-36(10-3)11-4,28-48-32(40)15-22-51(42,43)24-18-35(7)9-2)29-49-33(41)16-23-52(44,45)25-19-37(12-5)13-6;1-7-24(31)35-20-28(21-36-25(32)8-2,22-37-26(33)12-16-39-18-14-29(6)9-3)23-38-27(34)13-17-40-19-15-30(10-4)11-5;1-6-21(7-2)12-15-27-17-18(28-16-13-22(8-3)9-4)20(24)26-14-11-19(23)25-10-5;1-5-15(4)8-11-20-13(14(17)18)12-19-10-9-16(6-2)7-3;;/h8H,1,9-29H2,2-7H3;7-8H,1-2,9-23H2,3-6H3;18H,6-17H2,1-5H3;13H,5-12H2,1-4H3,(H,17,18);2*1H4. The summed E-state index contributed by atoms with van der Waals surface area (Å²) in [6, 6.07) is 0. The zero-order valence-corrected chi connectivity index (χ0v) is 95.8. The molecule has 35 nitrogen and oxygen atoms in total. The van der Waals surface area contributed by atoms with Gasteiger partial charge in [-0.1, -0.05) is 138 Å². The third-order valence-corrected chi connectivity index (χ3v) is 33.1. The maximum absolute atomic E-state index is 12.8. The van der Waals surface area contributed by atoms with Crippen LogP contribution in [0.25, 0.3) is 0 Å². The molecule has 0 saturated carbocycles. The molecule has 0 aromatic carbocycles. The maximum Gasteiger partial charge on any atom is 0.330 e. The SMILES string of the molecule is C.C.C=CC(=O)OCC(COC(=O)C=C)(COC(=O)CCSCCN(C)CC)COC(=O)CCSCCN(CC)CC.C=CC(=O)OCC(COC(=O)CCSCCN(CC)CC)(COC(=O)CCS(=O)(=O)CCN(C)CC)COC(=O)CCS(=O)(=O)CCN(CC)CC.CCN(C)CCSC(CSCCN(CC)CC)C(=O)O.CCOC(=O)CCOC(=O)C(CSCCN(CC)CC)SCCN(CC)CC. The Morgan fingerprint density at radius 2 is 0.549 bits per heavy atom. The number of aliphatic carboxylic acids is 1. The van der Waals surface area contributed by atoms with Gasteiger partial charge in [-0.3, -0.25) is 38.4 Å². The van der Waals surface area contributed by atoms with E-state index >= 15 is 0 Å². The highest BCUT2D eigenvalue weighted by molar-refractivity contribution is 8.04. The van der Waals surface area contributed by atoms with Gasteiger partial charge in [0.2, 0.25) is 0 Å². The van der Waals surface area contributed by atoms with Gasteiger partial charge in [0.15, 0.2) is 19.7 Å². The van der Waals surface area contributed by atoms with Crippen molar-refractivity contribution in [2.45, 2.75) is 175 Å². The van der Waals surface area contributed by atoms with E-state index in [-0.39, 0.29) is 108 Å². The fourth-order valence-corrected chi connectivity index (χ4v) is 21.7. The van der Waals surface area contributed by atoms with Gasteiger partial charge in [-0.05, 0) is 126 Å². The number of esters is 10. The summed E-state index contributed by atoms with van der Waals surface area (Å²) in [6.07, 6.45) is 2.49. The molecular formula is C98H189N9O26S9. The van der Waals surface area contributed by atoms with Gasteiger partial charge in [-0.2, -0.15) is 58.8 Å². The van der Waals surface area contributed by atoms with E-state index in [4.69, 9.17) is 47.4 Å². The minimum atomic E-state index is -3.58. The molecule has 0 fully saturated rings. The number of carbonyl (C=O) groups excluding carboxylic acids is 10. The molecule has 0 aliphatic carbocycles. The van der Waals surface area contributed by atoms with Crippen molar-refractivity contribution in [3.63, 3.8) is 0 Å². The van der Waals surface area contributed by atoms with Crippen LogP contribution in [0.15, 0.2) is 38.0 Å². The molecule has 0 rings (SSSR count). The van der Waals surface area contributed by atoms with Gasteiger partial charge in [0.1, 0.15) is 80.8 Å². The summed E-state index contributed by atoms with van der Waals surface area (Å²) < 4.78 is 103. The summed E-state index contributed by atoms with van der Waals surface area (Å²) in [4.78, 5) is 154. The highest BCUT2D eigenvalue weighted by Gasteiger charge is 2.40. The van der Waals surface area contributed by atoms with Crippen LogP contribution in [0.2, 0.25) is 0 Å². The number of sulfone groups is 2. The number of ether oxygens (including phenoxy) is 10. The van der Waals surface area contributed by atoms with Crippen molar-refractivity contribution in [2.24, 2.45) is 10.8 Å². The first-order valence-corrected chi connectivity index (χ1v) is 60.8. The first-order chi connectivity index (χ1) is 66.7. The molecule has 0 saturated heterocycles. The molecule has 0 aromatic rings. The quantitative estimate of drug-likeness (QED) is 0.0256. The topological polar surface area (TPSA) is 398 Å². The van der Waals surface area contributed by atoms with Gasteiger partial charge >= 0.3 is 65.7 Å². The van der Waals surface area contributed by atoms with Gasteiger partial charge in [-0.15, -0.1) is 23.5 Å². The first kappa shape index (κ1) is 148. The zero-order valence-electron chi connectivity index (χ0n) is 88.5. The van der Waals surface area contributed by atoms with E-state index in [1.807, 2.05) is 37.6 Å². The van der Waals surface area contributed by atoms with Gasteiger partial charge in [0.25, 0.3) is 0 Å². The number of rotatable bonds is 88. The summed E-state index contributed by atoms with van der Waals surface area (Å²) >= 11 is 11.7. The lowest BCUT2D eigenvalue weighted by Crippen LogP contribution is -2.44. The number of thioether (sulfide) groups is 7. The Morgan fingerprint density at radius 1 is 0.296 bits per heavy atom. The predicted octanol–water partition coefficient (Wildman–Crippen LogP) is 11.2. The molecule has 0 bridgehead atoms. The normalized spacial score (nSPS) is 12.3. The van der Waals surface area contributed by atoms with E-state index in [9.17, 15) is 74.7 Å². The number of nitrogens with zero attached hydrogens (tertiary/aromatic N) is 9. The summed E-state index contributed by atoms with van der Waals surface area (Å²) in [7, 11) is -1.28. The third-order valence-electron chi connectivity index (χ3n) is 22.1. The van der Waals surface area contributed by atoms with Gasteiger partial charge in [0.05, 0.1) is 68.1 Å². The van der Waals surface area contributed by atoms with Crippen LogP contribution in [0.5, 0.6) is 0 Å². The Labute approximate surface area is 887 Å². The highest BCUT2D eigenvalue weighted by Crippen LogP contribution is 2.27. The van der Waals surface area contributed by atoms with Crippen LogP contribution in [0.1, 0.15) is 164 Å². The van der Waals surface area contributed by atoms with Crippen molar-refractivity contribution in [1.82, 2.24) is 44.1 Å². The first-order valence-electron chi connectivity index (χ1n) is 49.3. The molecule has 3 unspecified atom stereocenters. The smallest absolute Gasteiger partial charge is 0.330 e. The molecule has 1 N–H and O–H groups in total. The molecule has 0 heterocycles. The Bertz CT molecular complexity index is 3510. The van der Waals surface area contributed by atoms with Crippen molar-refractivity contribution < 1.29 is 122 Å². The van der Waals surface area contributed by atoms with Crippen LogP contribution >= 0.6 is 82.3 Å². The largest absolute Gasteiger partial charge is 0.480 e. The molecule has 0 aliphatic heterocycles. The second kappa shape index (κ2) is 96.0. The second-order valence-corrected chi connectivity index (χ2v) is 45.6. The van der Waals surface area contributed by atoms with E-state index in [1.54, 1.807) is 96.3 Å². The van der Waals surface area contributed by atoms with E-state index in [0.717, 1.165) is 189 Å². The molecule has 3 atom stereocenters. The fourth-order valence-electron chi connectivity index (χ4n) is 11.6. The summed E-state index contributed by atoms with van der Waals surface area (Å²) in [5.74, 6) is 1.57. The molecule has 0 radical (unpaired) electrons. The van der Waals surface area contributed by atoms with Crippen molar-refractivity contribution >= 4 is 168 Å². The van der Waals surface area contributed by atoms with Crippen LogP contribution in [-0.4, -0.2) is 479 Å². The average Bonchev–Trinajstić information content (AvgIpc) is 0.849. The highest BCUT2D eigenvalue weighted by atomic mass is 32.2. The Hall–Kier alpha value is -4.62. The minimum Gasteiger partial charge on any atom is -0.480 e. The van der Waals surface area contributed by atoms with E-state index in [0.29, 0.717) is 62.3 Å². The number of carboxylic acid groups (broad SMARTS) is 1. The van der Waals surface area contributed by atoms with Gasteiger partial charge in [0, 0.05) is 146 Å². The van der Waals surface area contributed by atoms with Crippen molar-refractivity contribution in [3.05, 3.63) is 38.0 Å². The predicted molar refractivity (Wildman–Crippen MR) is 592 cm³/mol. The Morgan fingerprint density at radius 3 is 0.859 bits per heavy atom. The van der Waals surface area contributed by atoms with E-state index in [2.05, 4.69) is 144 Å². The van der Waals surface area contributed by atoms with Crippen molar-refractivity contribution in [2.75, 3.05) is 336 Å². The van der Waals surface area contributed by atoms with E-state index < -0.39 is 135 Å². The third kappa shape index (κ3) is 84.2. The van der Waals surface area contributed by atoms with Crippen molar-refractivity contribution in [1.29, 1.82) is 0 Å². The van der Waals surface area contributed by atoms with E-state index in [1.165, 1.54) is 0 Å². The molecule has 0 amide bonds. The van der Waals surface area contributed by atoms with Crippen LogP contribution in [0.3, 0.4) is 0 Å². The number of carbonyl (C=O) groups is 11. The second-order valence-electron chi connectivity index (χ2n) is 32.4. The van der Waals surface area contributed by atoms with Gasteiger partial charge in [-0.25, -0.2) is 31.2 Å². The number of carboxylic acids is 1. The lowest BCUT2D eigenvalue weighted by molar-refractivity contribution is -0.171. The number of hydrogen-bond donors (Lipinski definition) is 1. The molecular weight excluding hydrogens is 2010 g/mol. The lowest BCUT2D eigenvalue weighted by atomic mass is 9.92. The Kier molecular flexibility index (Phi) is 100. The zero-order chi connectivity index (χ0) is 106. The van der Waals surface area contributed by atoms with Crippen LogP contribution < -0.4 is 0 Å². The fraction of sp³-hybridized carbons (Fsp3) is 0.827. The molecule has 44 heteroatoms.